The normalized spacial score (nSPS) is 18.9. The van der Waals surface area contributed by atoms with Crippen LogP contribution in [0.25, 0.3) is 0 Å². The molecule has 2 aliphatic heterocycles. The fraction of sp³-hybridized carbons (Fsp3) is 0.350. The Labute approximate surface area is 162 Å². The van der Waals surface area contributed by atoms with Crippen molar-refractivity contribution < 1.29 is 13.9 Å². The second-order valence-electron chi connectivity index (χ2n) is 6.60. The Morgan fingerprint density at radius 1 is 1.26 bits per heavy atom. The zero-order chi connectivity index (χ0) is 18.8. The second kappa shape index (κ2) is 7.74. The van der Waals surface area contributed by atoms with Crippen LogP contribution in [0, 0.1) is 5.82 Å². The number of fused-ring (bicyclic) bond motifs is 1. The first kappa shape index (κ1) is 18.1. The van der Waals surface area contributed by atoms with Gasteiger partial charge >= 0.3 is 0 Å². The molecule has 0 unspecified atom stereocenters. The Bertz CT molecular complexity index is 869. The number of halogens is 2. The summed E-state index contributed by atoms with van der Waals surface area (Å²) in [6.45, 7) is 2.14. The van der Waals surface area contributed by atoms with Gasteiger partial charge in [0.25, 0.3) is 0 Å². The van der Waals surface area contributed by atoms with Crippen molar-refractivity contribution in [3.63, 3.8) is 0 Å². The van der Waals surface area contributed by atoms with Gasteiger partial charge in [-0.3, -0.25) is 4.99 Å². The van der Waals surface area contributed by atoms with E-state index in [1.54, 1.807) is 30.4 Å². The zero-order valence-electron chi connectivity index (χ0n) is 15.0. The standard InChI is InChI=1S/C20H21ClFN3O2/c1-26-18-9-17-13(8-19(18)27-14-4-3-7-23-11-14)10-24-12-25(17)16-6-2-5-15(21)20(16)22/h2,5-6,8-10,14,23H,3-4,7,11-12H2,1H3/t14-/m1/s1. The molecule has 1 N–H and O–H groups in total. The number of methoxy groups -OCH3 is 1. The molecule has 5 nitrogen and oxygen atoms in total. The number of hydrogen-bond acceptors (Lipinski definition) is 5. The lowest BCUT2D eigenvalue weighted by Gasteiger charge is -2.30. The Kier molecular flexibility index (Phi) is 5.18. The molecule has 1 saturated heterocycles. The van der Waals surface area contributed by atoms with Crippen LogP contribution in [0.5, 0.6) is 11.5 Å². The van der Waals surface area contributed by atoms with Crippen LogP contribution in [0.15, 0.2) is 35.3 Å². The van der Waals surface area contributed by atoms with Gasteiger partial charge in [0, 0.05) is 24.4 Å². The van der Waals surface area contributed by atoms with Gasteiger partial charge in [-0.2, -0.15) is 0 Å². The van der Waals surface area contributed by atoms with Gasteiger partial charge in [-0.15, -0.1) is 0 Å². The number of rotatable bonds is 4. The summed E-state index contributed by atoms with van der Waals surface area (Å²) in [5.74, 6) is 0.821. The summed E-state index contributed by atoms with van der Waals surface area (Å²) in [4.78, 5) is 6.16. The third kappa shape index (κ3) is 3.59. The van der Waals surface area contributed by atoms with Crippen molar-refractivity contribution in [2.75, 3.05) is 31.8 Å². The summed E-state index contributed by atoms with van der Waals surface area (Å²) in [5, 5.41) is 3.42. The van der Waals surface area contributed by atoms with E-state index in [2.05, 4.69) is 10.3 Å². The van der Waals surface area contributed by atoms with Crippen molar-refractivity contribution in [3.8, 4) is 11.5 Å². The van der Waals surface area contributed by atoms with Gasteiger partial charge in [-0.25, -0.2) is 4.39 Å². The highest BCUT2D eigenvalue weighted by Gasteiger charge is 2.24. The van der Waals surface area contributed by atoms with E-state index in [0.717, 1.165) is 37.2 Å². The first-order valence-corrected chi connectivity index (χ1v) is 9.36. The number of anilines is 2. The number of ether oxygens (including phenoxy) is 2. The van der Waals surface area contributed by atoms with Gasteiger partial charge in [0.1, 0.15) is 12.8 Å². The summed E-state index contributed by atoms with van der Waals surface area (Å²) in [6, 6.07) is 8.72. The highest BCUT2D eigenvalue weighted by molar-refractivity contribution is 6.31. The Morgan fingerprint density at radius 2 is 2.15 bits per heavy atom. The molecule has 0 aliphatic carbocycles. The molecule has 0 radical (unpaired) electrons. The van der Waals surface area contributed by atoms with Crippen molar-refractivity contribution in [2.45, 2.75) is 18.9 Å². The maximum atomic E-state index is 14.6. The molecule has 0 bridgehead atoms. The molecule has 142 valence electrons. The average molecular weight is 390 g/mol. The second-order valence-corrected chi connectivity index (χ2v) is 7.01. The van der Waals surface area contributed by atoms with Gasteiger partial charge in [0.05, 0.1) is 23.5 Å². The van der Waals surface area contributed by atoms with Crippen molar-refractivity contribution >= 4 is 29.2 Å². The summed E-state index contributed by atoms with van der Waals surface area (Å²) >= 11 is 5.96. The molecule has 0 spiro atoms. The number of nitrogens with one attached hydrogen (secondary N) is 1. The first-order chi connectivity index (χ1) is 13.2. The third-order valence-electron chi connectivity index (χ3n) is 4.82. The lowest BCUT2D eigenvalue weighted by Crippen LogP contribution is -2.37. The van der Waals surface area contributed by atoms with Gasteiger partial charge < -0.3 is 19.7 Å². The topological polar surface area (TPSA) is 46.1 Å². The molecular formula is C20H21ClFN3O2. The SMILES string of the molecule is COc1cc2c(cc1O[C@@H]1CCCNC1)C=NCN2c1cccc(Cl)c1F. The Morgan fingerprint density at radius 3 is 2.93 bits per heavy atom. The monoisotopic (exact) mass is 389 g/mol. The highest BCUT2D eigenvalue weighted by Crippen LogP contribution is 2.40. The minimum absolute atomic E-state index is 0.0836. The number of nitrogens with zero attached hydrogens (tertiary/aromatic N) is 2. The van der Waals surface area contributed by atoms with E-state index in [4.69, 9.17) is 21.1 Å². The van der Waals surface area contributed by atoms with E-state index in [1.165, 1.54) is 6.07 Å². The van der Waals surface area contributed by atoms with Crippen LogP contribution in [-0.2, 0) is 0 Å². The minimum atomic E-state index is -0.463. The summed E-state index contributed by atoms with van der Waals surface area (Å²) in [6.07, 6.45) is 3.97. The van der Waals surface area contributed by atoms with Crippen LogP contribution in [-0.4, -0.2) is 39.2 Å². The van der Waals surface area contributed by atoms with Crippen LogP contribution in [0.1, 0.15) is 18.4 Å². The fourth-order valence-corrected chi connectivity index (χ4v) is 3.63. The molecule has 4 rings (SSSR count). The van der Waals surface area contributed by atoms with Crippen molar-refractivity contribution in [2.24, 2.45) is 4.99 Å². The summed E-state index contributed by atoms with van der Waals surface area (Å²) < 4.78 is 26.3. The highest BCUT2D eigenvalue weighted by atomic mass is 35.5. The quantitative estimate of drug-likeness (QED) is 0.853. The maximum Gasteiger partial charge on any atom is 0.165 e. The van der Waals surface area contributed by atoms with Crippen LogP contribution in [0.3, 0.4) is 0 Å². The number of piperidine rings is 1. The molecule has 0 amide bonds. The van der Waals surface area contributed by atoms with E-state index in [-0.39, 0.29) is 11.1 Å². The molecule has 2 aromatic carbocycles. The lowest BCUT2D eigenvalue weighted by molar-refractivity contribution is 0.161. The van der Waals surface area contributed by atoms with Gasteiger partial charge in [0.2, 0.25) is 0 Å². The molecule has 1 atom stereocenters. The van der Waals surface area contributed by atoms with Gasteiger partial charge in [-0.1, -0.05) is 17.7 Å². The van der Waals surface area contributed by atoms with E-state index in [0.29, 0.717) is 23.9 Å². The molecule has 2 heterocycles. The van der Waals surface area contributed by atoms with Crippen molar-refractivity contribution in [3.05, 3.63) is 46.7 Å². The number of hydrogen-bond donors (Lipinski definition) is 1. The molecular weight excluding hydrogens is 369 g/mol. The maximum absolute atomic E-state index is 14.6. The van der Waals surface area contributed by atoms with Crippen molar-refractivity contribution in [1.29, 1.82) is 0 Å². The summed E-state index contributed by atoms with van der Waals surface area (Å²) in [7, 11) is 1.61. The molecule has 1 fully saturated rings. The predicted molar refractivity (Wildman–Crippen MR) is 106 cm³/mol. The molecule has 0 saturated carbocycles. The van der Waals surface area contributed by atoms with Crippen LogP contribution in [0.2, 0.25) is 5.02 Å². The fourth-order valence-electron chi connectivity index (χ4n) is 3.46. The molecule has 27 heavy (non-hydrogen) atoms. The van der Waals surface area contributed by atoms with E-state index in [9.17, 15) is 4.39 Å². The predicted octanol–water partition coefficient (Wildman–Crippen LogP) is 4.15. The van der Waals surface area contributed by atoms with Crippen LogP contribution < -0.4 is 19.7 Å². The number of aliphatic imine (C=N–C) groups is 1. The summed E-state index contributed by atoms with van der Waals surface area (Å²) in [5.41, 5.74) is 2.03. The van der Waals surface area contributed by atoms with E-state index >= 15 is 0 Å². The van der Waals surface area contributed by atoms with E-state index < -0.39 is 5.82 Å². The smallest absolute Gasteiger partial charge is 0.165 e. The largest absolute Gasteiger partial charge is 0.493 e. The minimum Gasteiger partial charge on any atom is -0.493 e. The zero-order valence-corrected chi connectivity index (χ0v) is 15.8. The lowest BCUT2D eigenvalue weighted by atomic mass is 10.1. The molecule has 2 aliphatic rings. The van der Waals surface area contributed by atoms with Gasteiger partial charge in [-0.05, 0) is 37.6 Å². The van der Waals surface area contributed by atoms with Gasteiger partial charge in [0.15, 0.2) is 17.3 Å². The Balaban J connectivity index is 1.71. The molecule has 7 heteroatoms. The third-order valence-corrected chi connectivity index (χ3v) is 5.12. The van der Waals surface area contributed by atoms with Crippen LogP contribution in [0.4, 0.5) is 15.8 Å². The van der Waals surface area contributed by atoms with Crippen LogP contribution >= 0.6 is 11.6 Å². The first-order valence-electron chi connectivity index (χ1n) is 8.98. The average Bonchev–Trinajstić information content (AvgIpc) is 2.70. The molecule has 2 aromatic rings. The van der Waals surface area contributed by atoms with Crippen molar-refractivity contribution in [1.82, 2.24) is 5.32 Å². The Hall–Kier alpha value is -2.31. The molecule has 0 aromatic heterocycles. The van der Waals surface area contributed by atoms with E-state index in [1.807, 2.05) is 12.1 Å². The number of benzene rings is 2.